The largest absolute Gasteiger partial charge is 0.325 e. The van der Waals surface area contributed by atoms with E-state index in [2.05, 4.69) is 41.7 Å². The number of urea groups is 2. The maximum Gasteiger partial charge on any atom is 0.325 e. The van der Waals surface area contributed by atoms with E-state index >= 15 is 0 Å². The van der Waals surface area contributed by atoms with E-state index in [1.807, 2.05) is 62.4 Å². The Kier molecular flexibility index (Phi) is 6.86. The van der Waals surface area contributed by atoms with Gasteiger partial charge in [0.25, 0.3) is 0 Å². The molecule has 4 aromatic rings. The van der Waals surface area contributed by atoms with Crippen molar-refractivity contribution in [2.45, 2.75) is 20.3 Å². The van der Waals surface area contributed by atoms with Gasteiger partial charge in [-0.1, -0.05) is 46.9 Å². The minimum absolute atomic E-state index is 0.368. The van der Waals surface area contributed by atoms with E-state index in [9.17, 15) is 9.59 Å². The Hall–Kier alpha value is -3.90. The number of benzene rings is 2. The molecule has 4 rings (SSSR count). The van der Waals surface area contributed by atoms with E-state index in [4.69, 9.17) is 0 Å². The Morgan fingerprint density at radius 1 is 0.636 bits per heavy atom. The molecule has 0 spiro atoms. The lowest BCUT2D eigenvalue weighted by atomic mass is 10.0. The highest BCUT2D eigenvalue weighted by molar-refractivity contribution is 7.15. The molecule has 0 atom stereocenters. The highest BCUT2D eigenvalue weighted by atomic mass is 32.1. The average Bonchev–Trinajstić information content (AvgIpc) is 3.38. The number of aromatic nitrogens is 4. The van der Waals surface area contributed by atoms with Crippen LogP contribution in [0.1, 0.15) is 21.1 Å². The molecule has 0 unspecified atom stereocenters. The molecule has 0 radical (unpaired) electrons. The summed E-state index contributed by atoms with van der Waals surface area (Å²) in [6, 6.07) is 14.4. The molecule has 0 fully saturated rings. The van der Waals surface area contributed by atoms with Gasteiger partial charge in [0.05, 0.1) is 0 Å². The lowest BCUT2D eigenvalue weighted by molar-refractivity contribution is 0.261. The predicted molar refractivity (Wildman–Crippen MR) is 130 cm³/mol. The van der Waals surface area contributed by atoms with Gasteiger partial charge in [-0.15, -0.1) is 20.4 Å². The summed E-state index contributed by atoms with van der Waals surface area (Å²) in [5, 5.41) is 28.8. The van der Waals surface area contributed by atoms with Crippen LogP contribution >= 0.6 is 22.7 Å². The molecule has 10 nitrogen and oxygen atoms in total. The third-order valence-corrected chi connectivity index (χ3v) is 5.83. The minimum atomic E-state index is -0.368. The van der Waals surface area contributed by atoms with E-state index in [-0.39, 0.29) is 12.1 Å². The van der Waals surface area contributed by atoms with Crippen molar-refractivity contribution >= 4 is 56.4 Å². The molecular weight excluding hydrogens is 460 g/mol. The monoisotopic (exact) mass is 480 g/mol. The van der Waals surface area contributed by atoms with Gasteiger partial charge in [-0.25, -0.2) is 9.59 Å². The van der Waals surface area contributed by atoms with Gasteiger partial charge < -0.3 is 10.6 Å². The number of hydrogen-bond donors (Lipinski definition) is 4. The third-order valence-electron chi connectivity index (χ3n) is 4.32. The second-order valence-electron chi connectivity index (χ2n) is 6.98. The zero-order valence-electron chi connectivity index (χ0n) is 17.7. The Morgan fingerprint density at radius 3 is 1.36 bits per heavy atom. The van der Waals surface area contributed by atoms with Crippen LogP contribution < -0.4 is 21.3 Å². The number of carbonyl (C=O) groups excluding carboxylic acids is 2. The standard InChI is InChI=1S/C21H20N8O2S2/c1-12-26-28-20(32-12)24-18(30)22-16-7-3-14(4-8-16)11-15-5-9-17(10-6-15)23-19(31)25-21-29-27-13(2)33-21/h3-10H,11H2,1-2H3,(H2,22,24,28,30)(H2,23,25,29,31). The molecule has 2 aromatic carbocycles. The summed E-state index contributed by atoms with van der Waals surface area (Å²) < 4.78 is 0. The molecule has 33 heavy (non-hydrogen) atoms. The molecule has 0 bridgehead atoms. The summed E-state index contributed by atoms with van der Waals surface area (Å²) in [6.07, 6.45) is 0.715. The van der Waals surface area contributed by atoms with Gasteiger partial charge in [0, 0.05) is 11.4 Å². The summed E-state index contributed by atoms with van der Waals surface area (Å²) in [7, 11) is 0. The Balaban J connectivity index is 1.27. The molecule has 0 aliphatic heterocycles. The van der Waals surface area contributed by atoms with Crippen molar-refractivity contribution in [2.75, 3.05) is 21.3 Å². The van der Waals surface area contributed by atoms with E-state index in [0.29, 0.717) is 28.1 Å². The zero-order chi connectivity index (χ0) is 23.2. The van der Waals surface area contributed by atoms with Crippen molar-refractivity contribution in [3.05, 3.63) is 69.7 Å². The summed E-state index contributed by atoms with van der Waals surface area (Å²) in [4.78, 5) is 24.1. The second kappa shape index (κ2) is 10.1. The van der Waals surface area contributed by atoms with Crippen LogP contribution in [0.4, 0.5) is 31.2 Å². The minimum Gasteiger partial charge on any atom is -0.308 e. The first kappa shape index (κ1) is 22.3. The van der Waals surface area contributed by atoms with Gasteiger partial charge in [0.1, 0.15) is 10.0 Å². The van der Waals surface area contributed by atoms with Crippen LogP contribution in [0.5, 0.6) is 0 Å². The number of nitrogens with one attached hydrogen (secondary N) is 4. The fourth-order valence-corrected chi connectivity index (χ4v) is 4.03. The van der Waals surface area contributed by atoms with E-state index < -0.39 is 0 Å². The van der Waals surface area contributed by atoms with Crippen LogP contribution in [0.15, 0.2) is 48.5 Å². The lowest BCUT2D eigenvalue weighted by Crippen LogP contribution is -2.19. The smallest absolute Gasteiger partial charge is 0.308 e. The van der Waals surface area contributed by atoms with Crippen LogP contribution in [-0.2, 0) is 6.42 Å². The Labute approximate surface area is 197 Å². The molecule has 2 heterocycles. The average molecular weight is 481 g/mol. The maximum absolute atomic E-state index is 12.1. The quantitative estimate of drug-likeness (QED) is 0.311. The topological polar surface area (TPSA) is 134 Å². The maximum atomic E-state index is 12.1. The van der Waals surface area contributed by atoms with Crippen LogP contribution in [0.3, 0.4) is 0 Å². The number of carbonyl (C=O) groups is 2. The normalized spacial score (nSPS) is 10.5. The molecule has 0 saturated heterocycles. The third kappa shape index (κ3) is 6.54. The number of amides is 4. The van der Waals surface area contributed by atoms with Crippen LogP contribution in [-0.4, -0.2) is 32.5 Å². The molecule has 4 amide bonds. The second-order valence-corrected chi connectivity index (χ2v) is 9.34. The summed E-state index contributed by atoms with van der Waals surface area (Å²) in [5.74, 6) is 0. The number of anilines is 4. The fourth-order valence-electron chi connectivity index (χ4n) is 2.86. The first-order valence-electron chi connectivity index (χ1n) is 9.87. The zero-order valence-corrected chi connectivity index (χ0v) is 19.4. The van der Waals surface area contributed by atoms with E-state index in [0.717, 1.165) is 21.1 Å². The summed E-state index contributed by atoms with van der Waals surface area (Å²) in [6.45, 7) is 3.64. The lowest BCUT2D eigenvalue weighted by Gasteiger charge is -2.08. The van der Waals surface area contributed by atoms with Crippen molar-refractivity contribution in [1.82, 2.24) is 20.4 Å². The fraction of sp³-hybridized carbons (Fsp3) is 0.143. The molecule has 2 aromatic heterocycles. The number of hydrogen-bond acceptors (Lipinski definition) is 8. The molecule has 4 N–H and O–H groups in total. The van der Waals surface area contributed by atoms with Crippen LogP contribution in [0.25, 0.3) is 0 Å². The van der Waals surface area contributed by atoms with Crippen molar-refractivity contribution in [3.63, 3.8) is 0 Å². The van der Waals surface area contributed by atoms with Crippen molar-refractivity contribution in [3.8, 4) is 0 Å². The molecule has 0 aliphatic carbocycles. The molecular formula is C21H20N8O2S2. The highest BCUT2D eigenvalue weighted by Crippen LogP contribution is 2.18. The summed E-state index contributed by atoms with van der Waals surface area (Å²) >= 11 is 2.62. The number of nitrogens with zero attached hydrogens (tertiary/aromatic N) is 4. The van der Waals surface area contributed by atoms with Gasteiger partial charge in [0.2, 0.25) is 10.3 Å². The van der Waals surface area contributed by atoms with Gasteiger partial charge >= 0.3 is 12.1 Å². The molecule has 0 aliphatic rings. The highest BCUT2D eigenvalue weighted by Gasteiger charge is 2.08. The van der Waals surface area contributed by atoms with E-state index in [1.54, 1.807) is 0 Å². The molecule has 12 heteroatoms. The van der Waals surface area contributed by atoms with Crippen LogP contribution in [0.2, 0.25) is 0 Å². The van der Waals surface area contributed by atoms with Crippen LogP contribution in [0, 0.1) is 13.8 Å². The number of rotatable bonds is 6. The molecule has 168 valence electrons. The Bertz CT molecular complexity index is 1150. The Morgan fingerprint density at radius 2 is 1.03 bits per heavy atom. The van der Waals surface area contributed by atoms with Crippen molar-refractivity contribution in [1.29, 1.82) is 0 Å². The van der Waals surface area contributed by atoms with Crippen molar-refractivity contribution < 1.29 is 9.59 Å². The molecule has 0 saturated carbocycles. The first-order valence-corrected chi connectivity index (χ1v) is 11.5. The number of aryl methyl sites for hydroxylation is 2. The summed E-state index contributed by atoms with van der Waals surface area (Å²) in [5.41, 5.74) is 3.53. The van der Waals surface area contributed by atoms with E-state index in [1.165, 1.54) is 22.7 Å². The SMILES string of the molecule is Cc1nnc(NC(=O)Nc2ccc(Cc3ccc(NC(=O)Nc4nnc(C)s4)cc3)cc2)s1. The predicted octanol–water partition coefficient (Wildman–Crippen LogP) is 4.89. The van der Waals surface area contributed by atoms with Crippen molar-refractivity contribution in [2.24, 2.45) is 0 Å². The first-order chi connectivity index (χ1) is 15.9. The van der Waals surface area contributed by atoms with Gasteiger partial charge in [-0.3, -0.25) is 10.6 Å². The van der Waals surface area contributed by atoms with Gasteiger partial charge in [0.15, 0.2) is 0 Å². The van der Waals surface area contributed by atoms with Gasteiger partial charge in [-0.2, -0.15) is 0 Å². The van der Waals surface area contributed by atoms with Gasteiger partial charge in [-0.05, 0) is 55.7 Å².